The first-order chi connectivity index (χ1) is 9.20. The molecule has 2 rings (SSSR count). The molecule has 1 N–H and O–H groups in total. The third kappa shape index (κ3) is 3.65. The number of hydrogen-bond acceptors (Lipinski definition) is 5. The molecule has 1 saturated heterocycles. The first kappa shape index (κ1) is 13.8. The van der Waals surface area contributed by atoms with Crippen molar-refractivity contribution in [2.45, 2.75) is 26.1 Å². The molecule has 0 bridgehead atoms. The summed E-state index contributed by atoms with van der Waals surface area (Å²) in [6.45, 7) is 4.37. The molecule has 0 spiro atoms. The van der Waals surface area contributed by atoms with Crippen LogP contribution in [0.3, 0.4) is 0 Å². The van der Waals surface area contributed by atoms with E-state index in [0.29, 0.717) is 25.4 Å². The fourth-order valence-corrected chi connectivity index (χ4v) is 2.02. The topological polar surface area (TPSA) is 73.6 Å². The zero-order valence-corrected chi connectivity index (χ0v) is 10.9. The van der Waals surface area contributed by atoms with E-state index in [2.05, 4.69) is 5.32 Å². The van der Waals surface area contributed by atoms with Crippen molar-refractivity contribution in [3.8, 4) is 0 Å². The first-order valence-electron chi connectivity index (χ1n) is 6.41. The molecule has 6 nitrogen and oxygen atoms in total. The number of anilines is 1. The van der Waals surface area contributed by atoms with Gasteiger partial charge in [0.2, 0.25) is 0 Å². The van der Waals surface area contributed by atoms with Gasteiger partial charge in [-0.3, -0.25) is 10.1 Å². The highest BCUT2D eigenvalue weighted by Gasteiger charge is 2.17. The Hall–Kier alpha value is -1.66. The molecule has 1 atom stereocenters. The van der Waals surface area contributed by atoms with Gasteiger partial charge in [-0.1, -0.05) is 0 Å². The van der Waals surface area contributed by atoms with E-state index < -0.39 is 0 Å². The molecule has 6 heteroatoms. The molecule has 1 aliphatic heterocycles. The zero-order chi connectivity index (χ0) is 13.7. The van der Waals surface area contributed by atoms with E-state index in [4.69, 9.17) is 9.47 Å². The lowest BCUT2D eigenvalue weighted by molar-refractivity contribution is -0.384. The third-order valence-electron chi connectivity index (χ3n) is 3.00. The summed E-state index contributed by atoms with van der Waals surface area (Å²) in [5.41, 5.74) is 1.56. The summed E-state index contributed by atoms with van der Waals surface area (Å²) >= 11 is 0. The van der Waals surface area contributed by atoms with Crippen LogP contribution in [0.15, 0.2) is 18.2 Å². The molecule has 0 radical (unpaired) electrons. The normalized spacial score (nSPS) is 18.5. The Kier molecular flexibility index (Phi) is 4.70. The van der Waals surface area contributed by atoms with Gasteiger partial charge >= 0.3 is 0 Å². The average molecular weight is 266 g/mol. The number of hydrogen-bond donors (Lipinski definition) is 1. The van der Waals surface area contributed by atoms with Gasteiger partial charge < -0.3 is 14.8 Å². The lowest BCUT2D eigenvalue weighted by atomic mass is 10.1. The Morgan fingerprint density at radius 3 is 3.05 bits per heavy atom. The van der Waals surface area contributed by atoms with E-state index in [1.54, 1.807) is 12.1 Å². The van der Waals surface area contributed by atoms with Crippen LogP contribution in [0.25, 0.3) is 0 Å². The van der Waals surface area contributed by atoms with Crippen molar-refractivity contribution in [1.82, 2.24) is 0 Å². The maximum atomic E-state index is 10.9. The van der Waals surface area contributed by atoms with Crippen LogP contribution >= 0.6 is 0 Å². The third-order valence-corrected chi connectivity index (χ3v) is 3.00. The Balaban J connectivity index is 2.04. The second kappa shape index (κ2) is 6.49. The Bertz CT molecular complexity index is 444. The number of nitro benzene ring substituents is 1. The molecule has 0 saturated carbocycles. The lowest BCUT2D eigenvalue weighted by Crippen LogP contribution is -2.12. The van der Waals surface area contributed by atoms with Crippen molar-refractivity contribution < 1.29 is 14.4 Å². The fraction of sp³-hybridized carbons (Fsp3) is 0.538. The Morgan fingerprint density at radius 2 is 2.42 bits per heavy atom. The largest absolute Gasteiger partial charge is 0.380 e. The van der Waals surface area contributed by atoms with E-state index in [-0.39, 0.29) is 16.7 Å². The van der Waals surface area contributed by atoms with Crippen LogP contribution in [0.4, 0.5) is 11.4 Å². The molecule has 1 aromatic carbocycles. The van der Waals surface area contributed by atoms with Crippen molar-refractivity contribution in [3.63, 3.8) is 0 Å². The maximum absolute atomic E-state index is 10.9. The van der Waals surface area contributed by atoms with E-state index >= 15 is 0 Å². The minimum absolute atomic E-state index is 0.0924. The van der Waals surface area contributed by atoms with Crippen LogP contribution in [-0.4, -0.2) is 30.8 Å². The van der Waals surface area contributed by atoms with Gasteiger partial charge in [-0.05, 0) is 31.0 Å². The summed E-state index contributed by atoms with van der Waals surface area (Å²) in [5.74, 6) is 0. The predicted molar refractivity (Wildman–Crippen MR) is 71.3 cm³/mol. The molecule has 0 amide bonds. The number of nitro groups is 1. The quantitative estimate of drug-likeness (QED) is 0.632. The molecule has 1 fully saturated rings. The van der Waals surface area contributed by atoms with Crippen molar-refractivity contribution >= 4 is 11.4 Å². The highest BCUT2D eigenvalue weighted by Crippen LogP contribution is 2.26. The minimum atomic E-state index is -0.382. The van der Waals surface area contributed by atoms with E-state index in [9.17, 15) is 10.1 Å². The van der Waals surface area contributed by atoms with E-state index in [0.717, 1.165) is 18.6 Å². The molecular formula is C13H18N2O4. The van der Waals surface area contributed by atoms with Gasteiger partial charge in [0.15, 0.2) is 0 Å². The van der Waals surface area contributed by atoms with Gasteiger partial charge in [-0.15, -0.1) is 0 Å². The summed E-state index contributed by atoms with van der Waals surface area (Å²) in [5, 5.41) is 13.9. The summed E-state index contributed by atoms with van der Waals surface area (Å²) < 4.78 is 10.9. The maximum Gasteiger partial charge on any atom is 0.292 e. The van der Waals surface area contributed by atoms with Crippen molar-refractivity contribution in [3.05, 3.63) is 33.9 Å². The highest BCUT2D eigenvalue weighted by molar-refractivity contribution is 5.62. The SMILES string of the molecule is CCNc1cc(COC2CCOC2)ccc1[N+](=O)[O-]. The smallest absolute Gasteiger partial charge is 0.292 e. The van der Waals surface area contributed by atoms with Gasteiger partial charge in [0, 0.05) is 19.2 Å². The molecule has 1 aliphatic rings. The Labute approximate surface area is 111 Å². The van der Waals surface area contributed by atoms with Gasteiger partial charge in [-0.2, -0.15) is 0 Å². The average Bonchev–Trinajstić information content (AvgIpc) is 2.90. The molecule has 19 heavy (non-hydrogen) atoms. The second-order valence-electron chi connectivity index (χ2n) is 4.44. The number of rotatable bonds is 6. The molecule has 0 aromatic heterocycles. The van der Waals surface area contributed by atoms with Crippen LogP contribution in [0, 0.1) is 10.1 Å². The molecule has 1 unspecified atom stereocenters. The van der Waals surface area contributed by atoms with Crippen molar-refractivity contribution in [2.75, 3.05) is 25.1 Å². The number of ether oxygens (including phenoxy) is 2. The summed E-state index contributed by atoms with van der Waals surface area (Å²) in [6, 6.07) is 5.02. The van der Waals surface area contributed by atoms with Gasteiger partial charge in [0.05, 0.1) is 24.2 Å². The van der Waals surface area contributed by atoms with Crippen LogP contribution in [0.2, 0.25) is 0 Å². The van der Waals surface area contributed by atoms with Crippen molar-refractivity contribution in [2.24, 2.45) is 0 Å². The minimum Gasteiger partial charge on any atom is -0.380 e. The summed E-state index contributed by atoms with van der Waals surface area (Å²) in [4.78, 5) is 10.5. The lowest BCUT2D eigenvalue weighted by Gasteiger charge is -2.11. The Morgan fingerprint density at radius 1 is 1.58 bits per heavy atom. The van der Waals surface area contributed by atoms with E-state index in [1.165, 1.54) is 6.07 Å². The van der Waals surface area contributed by atoms with Crippen LogP contribution < -0.4 is 5.32 Å². The molecule has 1 aromatic rings. The molecular weight excluding hydrogens is 248 g/mol. The number of nitrogens with zero attached hydrogens (tertiary/aromatic N) is 1. The summed E-state index contributed by atoms with van der Waals surface area (Å²) in [6.07, 6.45) is 1.05. The predicted octanol–water partition coefficient (Wildman–Crippen LogP) is 2.33. The van der Waals surface area contributed by atoms with Gasteiger partial charge in [0.25, 0.3) is 5.69 Å². The monoisotopic (exact) mass is 266 g/mol. The van der Waals surface area contributed by atoms with Gasteiger partial charge in [-0.25, -0.2) is 0 Å². The zero-order valence-electron chi connectivity index (χ0n) is 10.9. The molecule has 104 valence electrons. The second-order valence-corrected chi connectivity index (χ2v) is 4.44. The van der Waals surface area contributed by atoms with Crippen LogP contribution in [0.1, 0.15) is 18.9 Å². The van der Waals surface area contributed by atoms with Crippen molar-refractivity contribution in [1.29, 1.82) is 0 Å². The summed E-state index contributed by atoms with van der Waals surface area (Å²) in [7, 11) is 0. The number of benzene rings is 1. The number of nitrogens with one attached hydrogen (secondary N) is 1. The highest BCUT2D eigenvalue weighted by atomic mass is 16.6. The standard InChI is InChI=1S/C13H18N2O4/c1-2-14-12-7-10(3-4-13(12)15(16)17)8-19-11-5-6-18-9-11/h3-4,7,11,14H,2,5-6,8-9H2,1H3. The van der Waals surface area contributed by atoms with Crippen LogP contribution in [0.5, 0.6) is 0 Å². The molecule has 0 aliphatic carbocycles. The van der Waals surface area contributed by atoms with Crippen LogP contribution in [-0.2, 0) is 16.1 Å². The molecule has 1 heterocycles. The van der Waals surface area contributed by atoms with E-state index in [1.807, 2.05) is 6.92 Å². The van der Waals surface area contributed by atoms with Gasteiger partial charge in [0.1, 0.15) is 5.69 Å². The first-order valence-corrected chi connectivity index (χ1v) is 6.41. The fourth-order valence-electron chi connectivity index (χ4n) is 2.02.